The fourth-order valence-electron chi connectivity index (χ4n) is 3.43. The third kappa shape index (κ3) is 3.38. The zero-order valence-corrected chi connectivity index (χ0v) is 17.0. The summed E-state index contributed by atoms with van der Waals surface area (Å²) < 4.78 is 7.39. The van der Waals surface area contributed by atoms with Crippen molar-refractivity contribution in [2.75, 3.05) is 19.0 Å². The van der Waals surface area contributed by atoms with Crippen LogP contribution in [0.2, 0.25) is 15.1 Å². The van der Waals surface area contributed by atoms with Gasteiger partial charge in [-0.1, -0.05) is 40.9 Å². The number of nitrogens with one attached hydrogen (secondary N) is 1. The van der Waals surface area contributed by atoms with Crippen molar-refractivity contribution in [1.29, 1.82) is 0 Å². The Kier molecular flexibility index (Phi) is 5.22. The van der Waals surface area contributed by atoms with Crippen molar-refractivity contribution in [3.8, 4) is 22.7 Å². The molecule has 3 aromatic rings. The van der Waals surface area contributed by atoms with Crippen LogP contribution in [0.15, 0.2) is 36.4 Å². The summed E-state index contributed by atoms with van der Waals surface area (Å²) in [5.41, 5.74) is 3.41. The molecule has 0 spiro atoms. The summed E-state index contributed by atoms with van der Waals surface area (Å²) in [6.07, 6.45) is 3.03. The largest absolute Gasteiger partial charge is 0.494 e. The molecule has 0 fully saturated rings. The average Bonchev–Trinajstić information content (AvgIpc) is 2.83. The van der Waals surface area contributed by atoms with Crippen LogP contribution in [0.1, 0.15) is 18.4 Å². The van der Waals surface area contributed by atoms with Gasteiger partial charge in [-0.15, -0.1) is 0 Å². The van der Waals surface area contributed by atoms with E-state index in [1.165, 1.54) is 0 Å². The molecule has 0 atom stereocenters. The number of hydrogen-bond donors (Lipinski definition) is 1. The second-order valence-electron chi connectivity index (χ2n) is 6.38. The zero-order chi connectivity index (χ0) is 19.0. The summed E-state index contributed by atoms with van der Waals surface area (Å²) in [5.74, 6) is 1.62. The highest BCUT2D eigenvalue weighted by Crippen LogP contribution is 2.41. The summed E-state index contributed by atoms with van der Waals surface area (Å²) in [6, 6.07) is 11.0. The Morgan fingerprint density at radius 3 is 2.59 bits per heavy atom. The maximum absolute atomic E-state index is 6.49. The summed E-state index contributed by atoms with van der Waals surface area (Å²) in [7, 11) is 1.63. The van der Waals surface area contributed by atoms with E-state index in [9.17, 15) is 0 Å². The zero-order valence-electron chi connectivity index (χ0n) is 14.7. The first-order valence-electron chi connectivity index (χ1n) is 8.74. The lowest BCUT2D eigenvalue weighted by molar-refractivity contribution is 0.412. The predicted octanol–water partition coefficient (Wildman–Crippen LogP) is 6.26. The summed E-state index contributed by atoms with van der Waals surface area (Å²) in [6.45, 7) is 0.872. The van der Waals surface area contributed by atoms with E-state index in [0.717, 1.165) is 54.1 Å². The van der Waals surface area contributed by atoms with Gasteiger partial charge in [0.25, 0.3) is 0 Å². The van der Waals surface area contributed by atoms with Gasteiger partial charge in [-0.2, -0.15) is 5.10 Å². The topological polar surface area (TPSA) is 39.1 Å². The van der Waals surface area contributed by atoms with E-state index < -0.39 is 0 Å². The number of benzene rings is 2. The van der Waals surface area contributed by atoms with Crippen molar-refractivity contribution in [2.24, 2.45) is 0 Å². The second-order valence-corrected chi connectivity index (χ2v) is 7.64. The monoisotopic (exact) mass is 421 g/mol. The minimum absolute atomic E-state index is 0.581. The van der Waals surface area contributed by atoms with Gasteiger partial charge in [-0.3, -0.25) is 0 Å². The SMILES string of the molecule is COc1ccc(Cl)cc1-n1nc(-c2c(Cl)cccc2Cl)c2c1NCCCC2. The minimum Gasteiger partial charge on any atom is -0.494 e. The average molecular weight is 423 g/mol. The van der Waals surface area contributed by atoms with Crippen molar-refractivity contribution in [2.45, 2.75) is 19.3 Å². The van der Waals surface area contributed by atoms with E-state index in [0.29, 0.717) is 20.8 Å². The fraction of sp³-hybridized carbons (Fsp3) is 0.250. The van der Waals surface area contributed by atoms with E-state index >= 15 is 0 Å². The van der Waals surface area contributed by atoms with Gasteiger partial charge in [0.2, 0.25) is 0 Å². The molecule has 1 aliphatic rings. The molecule has 0 aliphatic carbocycles. The Bertz CT molecular complexity index is 980. The van der Waals surface area contributed by atoms with Crippen LogP contribution in [0.4, 0.5) is 5.82 Å². The molecular formula is C20H18Cl3N3O. The van der Waals surface area contributed by atoms with Gasteiger partial charge >= 0.3 is 0 Å². The lowest BCUT2D eigenvalue weighted by Crippen LogP contribution is -2.08. The number of methoxy groups -OCH3 is 1. The van der Waals surface area contributed by atoms with Crippen LogP contribution >= 0.6 is 34.8 Å². The lowest BCUT2D eigenvalue weighted by atomic mass is 10.0. The molecule has 0 amide bonds. The summed E-state index contributed by atoms with van der Waals surface area (Å²) >= 11 is 19.2. The normalized spacial score (nSPS) is 13.6. The van der Waals surface area contributed by atoms with Gasteiger partial charge in [-0.25, -0.2) is 4.68 Å². The minimum atomic E-state index is 0.581. The lowest BCUT2D eigenvalue weighted by Gasteiger charge is -2.13. The van der Waals surface area contributed by atoms with E-state index in [1.807, 2.05) is 35.0 Å². The van der Waals surface area contributed by atoms with Crippen molar-refractivity contribution in [3.63, 3.8) is 0 Å². The molecule has 0 radical (unpaired) electrons. The molecule has 4 rings (SSSR count). The van der Waals surface area contributed by atoms with Gasteiger partial charge in [0.1, 0.15) is 22.9 Å². The number of halogens is 3. The van der Waals surface area contributed by atoms with Gasteiger partial charge in [0.05, 0.1) is 17.2 Å². The molecule has 4 nitrogen and oxygen atoms in total. The molecule has 7 heteroatoms. The Labute approximate surface area is 173 Å². The number of fused-ring (bicyclic) bond motifs is 1. The van der Waals surface area contributed by atoms with Crippen molar-refractivity contribution in [1.82, 2.24) is 9.78 Å². The van der Waals surface area contributed by atoms with Crippen molar-refractivity contribution >= 4 is 40.6 Å². The number of aromatic nitrogens is 2. The molecule has 0 saturated heterocycles. The Morgan fingerprint density at radius 1 is 1.07 bits per heavy atom. The van der Waals surface area contributed by atoms with Crippen LogP contribution in [0, 0.1) is 0 Å². The molecular weight excluding hydrogens is 405 g/mol. The first kappa shape index (κ1) is 18.5. The predicted molar refractivity (Wildman–Crippen MR) is 112 cm³/mol. The second kappa shape index (κ2) is 7.63. The molecule has 1 N–H and O–H groups in total. The fourth-order valence-corrected chi connectivity index (χ4v) is 4.17. The van der Waals surface area contributed by atoms with Gasteiger partial charge in [0, 0.05) is 22.7 Å². The van der Waals surface area contributed by atoms with Crippen LogP contribution in [0.25, 0.3) is 16.9 Å². The first-order valence-corrected chi connectivity index (χ1v) is 9.87. The first-order chi connectivity index (χ1) is 13.1. The Balaban J connectivity index is 2.00. The maximum atomic E-state index is 6.49. The molecule has 2 heterocycles. The third-order valence-corrected chi connectivity index (χ3v) is 5.56. The summed E-state index contributed by atoms with van der Waals surface area (Å²) in [5, 5.41) is 10.2. The van der Waals surface area contributed by atoms with Gasteiger partial charge in [0.15, 0.2) is 0 Å². The molecule has 2 aromatic carbocycles. The third-order valence-electron chi connectivity index (χ3n) is 4.70. The standard InChI is InChI=1S/C20H18Cl3N3O/c1-27-17-9-8-12(21)11-16(17)26-20-13(5-2-3-10-24-20)19(25-26)18-14(22)6-4-7-15(18)23/h4,6-9,11,24H,2-3,5,10H2,1H3. The highest BCUT2D eigenvalue weighted by atomic mass is 35.5. The van der Waals surface area contributed by atoms with Gasteiger partial charge in [-0.05, 0) is 49.6 Å². The smallest absolute Gasteiger partial charge is 0.144 e. The highest BCUT2D eigenvalue weighted by molar-refractivity contribution is 6.39. The van der Waals surface area contributed by atoms with E-state index in [2.05, 4.69) is 5.32 Å². The van der Waals surface area contributed by atoms with Crippen LogP contribution in [-0.4, -0.2) is 23.4 Å². The Hall–Kier alpha value is -1.88. The molecule has 0 bridgehead atoms. The van der Waals surface area contributed by atoms with E-state index in [4.69, 9.17) is 44.6 Å². The molecule has 0 unspecified atom stereocenters. The number of ether oxygens (including phenoxy) is 1. The van der Waals surface area contributed by atoms with Crippen LogP contribution in [0.3, 0.4) is 0 Å². The van der Waals surface area contributed by atoms with Crippen LogP contribution < -0.4 is 10.1 Å². The number of nitrogens with zero attached hydrogens (tertiary/aromatic N) is 2. The molecule has 27 heavy (non-hydrogen) atoms. The van der Waals surface area contributed by atoms with E-state index in [-0.39, 0.29) is 0 Å². The van der Waals surface area contributed by atoms with Crippen molar-refractivity contribution < 1.29 is 4.74 Å². The number of rotatable bonds is 3. The maximum Gasteiger partial charge on any atom is 0.144 e. The quantitative estimate of drug-likeness (QED) is 0.541. The van der Waals surface area contributed by atoms with E-state index in [1.54, 1.807) is 13.2 Å². The molecule has 140 valence electrons. The van der Waals surface area contributed by atoms with Crippen LogP contribution in [0.5, 0.6) is 5.75 Å². The van der Waals surface area contributed by atoms with Gasteiger partial charge < -0.3 is 10.1 Å². The number of hydrogen-bond acceptors (Lipinski definition) is 3. The van der Waals surface area contributed by atoms with Crippen LogP contribution in [-0.2, 0) is 6.42 Å². The highest BCUT2D eigenvalue weighted by Gasteiger charge is 2.25. The molecule has 1 aromatic heterocycles. The summed E-state index contributed by atoms with van der Waals surface area (Å²) in [4.78, 5) is 0. The van der Waals surface area contributed by atoms with Crippen molar-refractivity contribution in [3.05, 3.63) is 57.0 Å². The Morgan fingerprint density at radius 2 is 1.85 bits per heavy atom. The number of anilines is 1. The molecule has 0 saturated carbocycles. The molecule has 1 aliphatic heterocycles.